The Kier molecular flexibility index (Phi) is 7.76. The van der Waals surface area contributed by atoms with Gasteiger partial charge in [-0.05, 0) is 53.8 Å². The Morgan fingerprint density at radius 2 is 1.71 bits per heavy atom. The summed E-state index contributed by atoms with van der Waals surface area (Å²) in [6.07, 6.45) is -2.88. The maximum atomic E-state index is 13.0. The summed E-state index contributed by atoms with van der Waals surface area (Å²) in [6.45, 7) is 1.29. The number of nitrogens with zero attached hydrogens (tertiary/aromatic N) is 1. The Balaban J connectivity index is 1.46. The SMILES string of the molecule is COc1cccc(CN2C[C@@H](C(=O)NCc3cccc(C(F)(F)F)c3)CC[C@H]2c2ccccc2)c1. The fraction of sp³-hybridized carbons (Fsp3) is 0.321. The summed E-state index contributed by atoms with van der Waals surface area (Å²) in [5.74, 6) is 0.405. The van der Waals surface area contributed by atoms with Crippen LogP contribution in [0.3, 0.4) is 0 Å². The molecule has 2 atom stereocenters. The first kappa shape index (κ1) is 24.8. The smallest absolute Gasteiger partial charge is 0.416 e. The van der Waals surface area contributed by atoms with Gasteiger partial charge in [0, 0.05) is 25.7 Å². The van der Waals surface area contributed by atoms with Crippen molar-refractivity contribution in [3.63, 3.8) is 0 Å². The summed E-state index contributed by atoms with van der Waals surface area (Å²) in [7, 11) is 1.64. The molecule has 0 saturated carbocycles. The van der Waals surface area contributed by atoms with E-state index in [0.29, 0.717) is 25.1 Å². The van der Waals surface area contributed by atoms with Crippen LogP contribution in [0, 0.1) is 5.92 Å². The molecule has 1 amide bonds. The Morgan fingerprint density at radius 3 is 2.46 bits per heavy atom. The molecule has 35 heavy (non-hydrogen) atoms. The topological polar surface area (TPSA) is 41.6 Å². The van der Waals surface area contributed by atoms with E-state index in [1.54, 1.807) is 13.2 Å². The van der Waals surface area contributed by atoms with Crippen molar-refractivity contribution in [1.29, 1.82) is 0 Å². The Hall–Kier alpha value is -3.32. The molecule has 1 fully saturated rings. The van der Waals surface area contributed by atoms with E-state index in [-0.39, 0.29) is 24.4 Å². The van der Waals surface area contributed by atoms with Gasteiger partial charge in [0.05, 0.1) is 18.6 Å². The molecule has 4 nitrogen and oxygen atoms in total. The Labute approximate surface area is 203 Å². The molecule has 7 heteroatoms. The first-order valence-electron chi connectivity index (χ1n) is 11.7. The van der Waals surface area contributed by atoms with Crippen LogP contribution in [0.2, 0.25) is 0 Å². The van der Waals surface area contributed by atoms with Gasteiger partial charge in [0.25, 0.3) is 0 Å². The number of alkyl halides is 3. The second-order valence-corrected chi connectivity index (χ2v) is 8.90. The number of likely N-dealkylation sites (tertiary alicyclic amines) is 1. The van der Waals surface area contributed by atoms with Gasteiger partial charge in [-0.3, -0.25) is 9.69 Å². The van der Waals surface area contributed by atoms with Crippen LogP contribution in [0.1, 0.15) is 41.1 Å². The van der Waals surface area contributed by atoms with Gasteiger partial charge >= 0.3 is 6.18 Å². The third kappa shape index (κ3) is 6.42. The molecule has 3 aromatic carbocycles. The zero-order valence-electron chi connectivity index (χ0n) is 19.6. The molecule has 0 bridgehead atoms. The minimum atomic E-state index is -4.41. The number of halogens is 3. The van der Waals surface area contributed by atoms with Crippen molar-refractivity contribution in [2.24, 2.45) is 5.92 Å². The van der Waals surface area contributed by atoms with Crippen LogP contribution in [-0.2, 0) is 24.1 Å². The summed E-state index contributed by atoms with van der Waals surface area (Å²) < 4.78 is 44.4. The van der Waals surface area contributed by atoms with Gasteiger partial charge in [0.15, 0.2) is 0 Å². The van der Waals surface area contributed by atoms with Gasteiger partial charge in [0.1, 0.15) is 5.75 Å². The Morgan fingerprint density at radius 1 is 0.971 bits per heavy atom. The van der Waals surface area contributed by atoms with Gasteiger partial charge in [-0.15, -0.1) is 0 Å². The van der Waals surface area contributed by atoms with Crippen LogP contribution in [0.25, 0.3) is 0 Å². The maximum Gasteiger partial charge on any atom is 0.416 e. The van der Waals surface area contributed by atoms with Gasteiger partial charge in [-0.2, -0.15) is 13.2 Å². The Bertz CT molecular complexity index is 1130. The quantitative estimate of drug-likeness (QED) is 0.450. The molecule has 1 heterocycles. The molecular weight excluding hydrogens is 453 g/mol. The van der Waals surface area contributed by atoms with Crippen LogP contribution in [-0.4, -0.2) is 24.5 Å². The zero-order valence-corrected chi connectivity index (χ0v) is 19.6. The van der Waals surface area contributed by atoms with Crippen LogP contribution < -0.4 is 10.1 Å². The highest BCUT2D eigenvalue weighted by atomic mass is 19.4. The molecule has 1 saturated heterocycles. The van der Waals surface area contributed by atoms with E-state index in [0.717, 1.165) is 29.9 Å². The summed E-state index contributed by atoms with van der Waals surface area (Å²) in [5, 5.41) is 2.85. The van der Waals surface area contributed by atoms with Crippen molar-refractivity contribution >= 4 is 5.91 Å². The third-order valence-electron chi connectivity index (χ3n) is 6.48. The predicted molar refractivity (Wildman–Crippen MR) is 129 cm³/mol. The average molecular weight is 483 g/mol. The summed E-state index contributed by atoms with van der Waals surface area (Å²) >= 11 is 0. The third-order valence-corrected chi connectivity index (χ3v) is 6.48. The standard InChI is InChI=1S/C28H29F3N2O2/c1-35-25-12-6-8-21(16-25)18-33-19-23(13-14-26(33)22-9-3-2-4-10-22)27(34)32-17-20-7-5-11-24(15-20)28(29,30)31/h2-12,15-16,23,26H,13-14,17-19H2,1H3,(H,32,34)/t23-,26-/m0/s1. The number of hydrogen-bond donors (Lipinski definition) is 1. The van der Waals surface area contributed by atoms with E-state index in [2.05, 4.69) is 22.3 Å². The van der Waals surface area contributed by atoms with E-state index in [4.69, 9.17) is 4.74 Å². The normalized spacial score (nSPS) is 18.7. The minimum Gasteiger partial charge on any atom is -0.497 e. The minimum absolute atomic E-state index is 0.0667. The van der Waals surface area contributed by atoms with E-state index in [9.17, 15) is 18.0 Å². The van der Waals surface area contributed by atoms with Crippen molar-refractivity contribution in [1.82, 2.24) is 10.2 Å². The number of piperidine rings is 1. The molecule has 4 rings (SSSR count). The van der Waals surface area contributed by atoms with Gasteiger partial charge in [-0.1, -0.05) is 54.6 Å². The number of ether oxygens (including phenoxy) is 1. The lowest BCUT2D eigenvalue weighted by Gasteiger charge is -2.39. The zero-order chi connectivity index (χ0) is 24.8. The van der Waals surface area contributed by atoms with Crippen LogP contribution in [0.4, 0.5) is 13.2 Å². The summed E-state index contributed by atoms with van der Waals surface area (Å²) in [6, 6.07) is 23.4. The largest absolute Gasteiger partial charge is 0.497 e. The van der Waals surface area contributed by atoms with E-state index >= 15 is 0 Å². The van der Waals surface area contributed by atoms with Gasteiger partial charge in [-0.25, -0.2) is 0 Å². The number of nitrogens with one attached hydrogen (secondary N) is 1. The molecule has 1 aliphatic heterocycles. The number of rotatable bonds is 7. The highest BCUT2D eigenvalue weighted by molar-refractivity contribution is 5.79. The molecule has 1 N–H and O–H groups in total. The van der Waals surface area contributed by atoms with Crippen molar-refractivity contribution in [2.75, 3.05) is 13.7 Å². The lowest BCUT2D eigenvalue weighted by Crippen LogP contribution is -2.44. The molecule has 0 unspecified atom stereocenters. The molecule has 184 valence electrons. The highest BCUT2D eigenvalue weighted by Crippen LogP contribution is 2.35. The molecular formula is C28H29F3N2O2. The van der Waals surface area contributed by atoms with E-state index < -0.39 is 11.7 Å². The lowest BCUT2D eigenvalue weighted by molar-refractivity contribution is -0.137. The van der Waals surface area contributed by atoms with E-state index in [1.165, 1.54) is 11.6 Å². The molecule has 3 aromatic rings. The lowest BCUT2D eigenvalue weighted by atomic mass is 9.88. The molecule has 0 aliphatic carbocycles. The molecule has 0 aromatic heterocycles. The maximum absolute atomic E-state index is 13.0. The monoisotopic (exact) mass is 482 g/mol. The fourth-order valence-electron chi connectivity index (χ4n) is 4.68. The van der Waals surface area contributed by atoms with Crippen LogP contribution in [0.5, 0.6) is 5.75 Å². The number of carbonyl (C=O) groups is 1. The van der Waals surface area contributed by atoms with Crippen molar-refractivity contribution < 1.29 is 22.7 Å². The number of amides is 1. The number of methoxy groups -OCH3 is 1. The molecule has 0 spiro atoms. The van der Waals surface area contributed by atoms with Crippen molar-refractivity contribution in [3.8, 4) is 5.75 Å². The summed E-state index contributed by atoms with van der Waals surface area (Å²) in [4.78, 5) is 15.3. The molecule has 0 radical (unpaired) electrons. The van der Waals surface area contributed by atoms with Gasteiger partial charge in [0.2, 0.25) is 5.91 Å². The van der Waals surface area contributed by atoms with Crippen molar-refractivity contribution in [2.45, 2.75) is 38.1 Å². The number of carbonyl (C=O) groups excluding carboxylic acids is 1. The van der Waals surface area contributed by atoms with E-state index in [1.807, 2.05) is 42.5 Å². The predicted octanol–water partition coefficient (Wildman–Crippen LogP) is 5.98. The molecule has 1 aliphatic rings. The van der Waals surface area contributed by atoms with Crippen LogP contribution in [0.15, 0.2) is 78.9 Å². The first-order valence-corrected chi connectivity index (χ1v) is 11.7. The average Bonchev–Trinajstić information content (AvgIpc) is 2.87. The second-order valence-electron chi connectivity index (χ2n) is 8.90. The summed E-state index contributed by atoms with van der Waals surface area (Å²) in [5.41, 5.74) is 2.02. The fourth-order valence-corrected chi connectivity index (χ4v) is 4.68. The van der Waals surface area contributed by atoms with Crippen molar-refractivity contribution in [3.05, 3.63) is 101 Å². The number of benzene rings is 3. The van der Waals surface area contributed by atoms with Gasteiger partial charge < -0.3 is 10.1 Å². The first-order chi connectivity index (χ1) is 16.8. The number of hydrogen-bond acceptors (Lipinski definition) is 3. The highest BCUT2D eigenvalue weighted by Gasteiger charge is 2.33. The second kappa shape index (κ2) is 11.0. The van der Waals surface area contributed by atoms with Crippen LogP contribution >= 0.6 is 0 Å².